The number of hydrogen-bond acceptors (Lipinski definition) is 3. The summed E-state index contributed by atoms with van der Waals surface area (Å²) in [5.74, 6) is -0.0946. The van der Waals surface area contributed by atoms with Crippen LogP contribution >= 0.6 is 34.8 Å². The fraction of sp³-hybridized carbons (Fsp3) is 0.0667. The number of nitrogens with zero attached hydrogens (tertiary/aromatic N) is 1. The first-order valence-electron chi connectivity index (χ1n) is 5.82. The topological polar surface area (TPSA) is 50.1 Å². The monoisotopic (exact) mass is 339 g/mol. The first-order valence-corrected chi connectivity index (χ1v) is 6.95. The minimum Gasteiger partial charge on any atom is -0.484 e. The molecule has 3 nitrogen and oxygen atoms in total. The molecule has 0 atom stereocenters. The highest BCUT2D eigenvalue weighted by Gasteiger charge is 2.13. The minimum absolute atomic E-state index is 0.247. The van der Waals surface area contributed by atoms with Gasteiger partial charge in [0.2, 0.25) is 5.78 Å². The van der Waals surface area contributed by atoms with Crippen LogP contribution in [0.3, 0.4) is 0 Å². The van der Waals surface area contributed by atoms with Crippen LogP contribution in [-0.4, -0.2) is 12.4 Å². The Balaban J connectivity index is 2.17. The molecule has 0 aliphatic heterocycles. The van der Waals surface area contributed by atoms with E-state index in [1.54, 1.807) is 12.1 Å². The van der Waals surface area contributed by atoms with Crippen molar-refractivity contribution in [1.29, 1.82) is 5.26 Å². The van der Waals surface area contributed by atoms with Crippen LogP contribution < -0.4 is 4.74 Å². The molecule has 0 saturated carbocycles. The predicted molar refractivity (Wildman–Crippen MR) is 82.5 cm³/mol. The molecular formula is C15H8Cl3NO2. The number of benzene rings is 2. The Morgan fingerprint density at radius 2 is 1.76 bits per heavy atom. The maximum absolute atomic E-state index is 12.1. The van der Waals surface area contributed by atoms with Crippen molar-refractivity contribution < 1.29 is 9.53 Å². The zero-order valence-electron chi connectivity index (χ0n) is 10.6. The molecule has 0 amide bonds. The summed E-state index contributed by atoms with van der Waals surface area (Å²) in [6.07, 6.45) is 0. The number of carbonyl (C=O) groups excluding carboxylic acids is 1. The number of Topliss-reactive ketones (excluding diaryl/α,β-unsaturated/α-hetero) is 1. The molecule has 0 radical (unpaired) electrons. The quantitative estimate of drug-likeness (QED) is 0.753. The van der Waals surface area contributed by atoms with Gasteiger partial charge in [-0.2, -0.15) is 5.26 Å². The third kappa shape index (κ3) is 3.89. The van der Waals surface area contributed by atoms with Gasteiger partial charge in [-0.25, -0.2) is 0 Å². The number of rotatable bonds is 4. The lowest BCUT2D eigenvalue weighted by Gasteiger charge is -2.08. The number of carbonyl (C=O) groups is 1. The van der Waals surface area contributed by atoms with Crippen LogP contribution in [-0.2, 0) is 0 Å². The van der Waals surface area contributed by atoms with E-state index in [-0.39, 0.29) is 23.7 Å². The second-order valence-corrected chi connectivity index (χ2v) is 5.37. The van der Waals surface area contributed by atoms with Gasteiger partial charge in [-0.15, -0.1) is 0 Å². The van der Waals surface area contributed by atoms with E-state index in [2.05, 4.69) is 0 Å². The fourth-order valence-corrected chi connectivity index (χ4v) is 2.20. The van der Waals surface area contributed by atoms with Gasteiger partial charge in [-0.05, 0) is 30.3 Å². The maximum Gasteiger partial charge on any atom is 0.201 e. The van der Waals surface area contributed by atoms with E-state index < -0.39 is 0 Å². The van der Waals surface area contributed by atoms with Gasteiger partial charge in [0.25, 0.3) is 0 Å². The molecule has 0 N–H and O–H groups in total. The zero-order chi connectivity index (χ0) is 15.4. The third-order valence-corrected chi connectivity index (χ3v) is 3.45. The summed E-state index contributed by atoms with van der Waals surface area (Å²) in [7, 11) is 0. The summed E-state index contributed by atoms with van der Waals surface area (Å²) in [6, 6.07) is 11.1. The molecule has 0 fully saturated rings. The Labute approximate surface area is 136 Å². The van der Waals surface area contributed by atoms with Crippen molar-refractivity contribution in [2.75, 3.05) is 6.61 Å². The smallest absolute Gasteiger partial charge is 0.201 e. The summed E-state index contributed by atoms with van der Waals surface area (Å²) in [5, 5.41) is 10.1. The molecule has 0 spiro atoms. The lowest BCUT2D eigenvalue weighted by Crippen LogP contribution is -2.12. The summed E-state index contributed by atoms with van der Waals surface area (Å²) in [5.41, 5.74) is 0.564. The highest BCUT2D eigenvalue weighted by atomic mass is 35.5. The van der Waals surface area contributed by atoms with Gasteiger partial charge < -0.3 is 4.74 Å². The maximum atomic E-state index is 12.1. The Morgan fingerprint density at radius 3 is 2.48 bits per heavy atom. The summed E-state index contributed by atoms with van der Waals surface area (Å²) < 4.78 is 5.36. The van der Waals surface area contributed by atoms with E-state index >= 15 is 0 Å². The number of hydrogen-bond donors (Lipinski definition) is 0. The molecule has 0 unspecified atom stereocenters. The Bertz CT molecular complexity index is 738. The fourth-order valence-electron chi connectivity index (χ4n) is 1.64. The molecular weight excluding hydrogens is 333 g/mol. The number of ketones is 1. The summed E-state index contributed by atoms with van der Waals surface area (Å²) in [4.78, 5) is 12.1. The Morgan fingerprint density at radius 1 is 1.10 bits per heavy atom. The molecule has 2 aromatic rings. The standard InChI is InChI=1S/C15H8Cl3NO2/c16-10-3-4-13(18)12(5-10)14(20)8-21-15-6-11(17)2-1-9(15)7-19/h1-6H,8H2. The summed E-state index contributed by atoms with van der Waals surface area (Å²) >= 11 is 17.6. The molecule has 0 heterocycles. The van der Waals surface area contributed by atoms with E-state index in [1.165, 1.54) is 24.3 Å². The van der Waals surface area contributed by atoms with Crippen molar-refractivity contribution in [3.63, 3.8) is 0 Å². The molecule has 0 aliphatic carbocycles. The molecule has 0 aromatic heterocycles. The number of nitriles is 1. The first-order chi connectivity index (χ1) is 10.0. The molecule has 2 rings (SSSR count). The van der Waals surface area contributed by atoms with Crippen molar-refractivity contribution in [3.05, 3.63) is 62.6 Å². The van der Waals surface area contributed by atoms with Crippen molar-refractivity contribution in [3.8, 4) is 11.8 Å². The molecule has 21 heavy (non-hydrogen) atoms. The van der Waals surface area contributed by atoms with Gasteiger partial charge in [0, 0.05) is 21.7 Å². The van der Waals surface area contributed by atoms with Crippen LogP contribution in [0.15, 0.2) is 36.4 Å². The average Bonchev–Trinajstić information content (AvgIpc) is 2.47. The molecule has 2 aromatic carbocycles. The SMILES string of the molecule is N#Cc1ccc(Cl)cc1OCC(=O)c1cc(Cl)ccc1Cl. The van der Waals surface area contributed by atoms with Gasteiger partial charge in [-0.1, -0.05) is 34.8 Å². The summed E-state index contributed by atoms with van der Waals surface area (Å²) in [6.45, 7) is -0.269. The Kier molecular flexibility index (Phi) is 5.08. The van der Waals surface area contributed by atoms with Gasteiger partial charge in [0.05, 0.1) is 10.6 Å². The van der Waals surface area contributed by atoms with E-state index in [9.17, 15) is 4.79 Å². The van der Waals surface area contributed by atoms with E-state index in [1.807, 2.05) is 6.07 Å². The van der Waals surface area contributed by atoms with Crippen LogP contribution in [0, 0.1) is 11.3 Å². The van der Waals surface area contributed by atoms with Crippen molar-refractivity contribution in [2.24, 2.45) is 0 Å². The molecule has 0 bridgehead atoms. The van der Waals surface area contributed by atoms with Gasteiger partial charge >= 0.3 is 0 Å². The highest BCUT2D eigenvalue weighted by molar-refractivity contribution is 6.36. The van der Waals surface area contributed by atoms with Crippen molar-refractivity contribution in [1.82, 2.24) is 0 Å². The first kappa shape index (κ1) is 15.7. The van der Waals surface area contributed by atoms with Gasteiger partial charge in [0.15, 0.2) is 6.61 Å². The van der Waals surface area contributed by atoms with Gasteiger partial charge in [-0.3, -0.25) is 4.79 Å². The second-order valence-electron chi connectivity index (χ2n) is 4.09. The molecule has 0 aliphatic rings. The normalized spacial score (nSPS) is 10.0. The van der Waals surface area contributed by atoms with Crippen LogP contribution in [0.5, 0.6) is 5.75 Å². The molecule has 0 saturated heterocycles. The van der Waals surface area contributed by atoms with Crippen LogP contribution in [0.25, 0.3) is 0 Å². The lowest BCUT2D eigenvalue weighted by molar-refractivity contribution is 0.0921. The number of halogens is 3. The lowest BCUT2D eigenvalue weighted by atomic mass is 10.1. The van der Waals surface area contributed by atoms with E-state index in [0.717, 1.165) is 0 Å². The van der Waals surface area contributed by atoms with E-state index in [4.69, 9.17) is 44.8 Å². The minimum atomic E-state index is -0.341. The van der Waals surface area contributed by atoms with E-state index in [0.29, 0.717) is 20.6 Å². The molecule has 6 heteroatoms. The Hall–Kier alpha value is -1.73. The van der Waals surface area contributed by atoms with Crippen molar-refractivity contribution >= 4 is 40.6 Å². The predicted octanol–water partition coefficient (Wildman–Crippen LogP) is 4.78. The third-order valence-electron chi connectivity index (χ3n) is 2.65. The zero-order valence-corrected chi connectivity index (χ0v) is 12.8. The second kappa shape index (κ2) is 6.82. The van der Waals surface area contributed by atoms with Crippen LogP contribution in [0.1, 0.15) is 15.9 Å². The van der Waals surface area contributed by atoms with Crippen LogP contribution in [0.4, 0.5) is 0 Å². The average molecular weight is 341 g/mol. The van der Waals surface area contributed by atoms with Gasteiger partial charge in [0.1, 0.15) is 11.8 Å². The van der Waals surface area contributed by atoms with Crippen LogP contribution in [0.2, 0.25) is 15.1 Å². The highest BCUT2D eigenvalue weighted by Crippen LogP contribution is 2.24. The van der Waals surface area contributed by atoms with Crippen molar-refractivity contribution in [2.45, 2.75) is 0 Å². The number of ether oxygens (including phenoxy) is 1. The molecule has 106 valence electrons. The largest absolute Gasteiger partial charge is 0.484 e.